The highest BCUT2D eigenvalue weighted by molar-refractivity contribution is 5.28. The molecule has 0 unspecified atom stereocenters. The van der Waals surface area contributed by atoms with E-state index in [0.717, 1.165) is 38.4 Å². The van der Waals surface area contributed by atoms with E-state index in [1.807, 2.05) is 29.9 Å². The summed E-state index contributed by atoms with van der Waals surface area (Å²) in [5, 5.41) is 7.94. The van der Waals surface area contributed by atoms with Crippen LogP contribution in [0.1, 0.15) is 37.5 Å². The van der Waals surface area contributed by atoms with Crippen LogP contribution in [0.15, 0.2) is 36.7 Å². The van der Waals surface area contributed by atoms with E-state index in [0.29, 0.717) is 12.5 Å². The highest BCUT2D eigenvalue weighted by atomic mass is 16.5. The zero-order chi connectivity index (χ0) is 16.8. The number of aryl methyl sites for hydroxylation is 1. The molecule has 2 aromatic rings. The Bertz CT molecular complexity index is 641. The van der Waals surface area contributed by atoms with Crippen LogP contribution in [0, 0.1) is 5.92 Å². The van der Waals surface area contributed by atoms with Crippen molar-refractivity contribution in [2.24, 2.45) is 5.92 Å². The van der Waals surface area contributed by atoms with E-state index in [1.54, 1.807) is 0 Å². The first-order valence-electron chi connectivity index (χ1n) is 8.86. The Balaban J connectivity index is 1.53. The second-order valence-corrected chi connectivity index (χ2v) is 6.18. The van der Waals surface area contributed by atoms with Crippen molar-refractivity contribution < 1.29 is 9.47 Å². The molecule has 130 valence electrons. The molecule has 1 saturated heterocycles. The number of nitrogens with one attached hydrogen (secondary N) is 1. The summed E-state index contributed by atoms with van der Waals surface area (Å²) in [7, 11) is 0. The fourth-order valence-corrected chi connectivity index (χ4v) is 3.22. The third kappa shape index (κ3) is 4.16. The fourth-order valence-electron chi connectivity index (χ4n) is 3.22. The van der Waals surface area contributed by atoms with Crippen molar-refractivity contribution >= 4 is 0 Å². The topological polar surface area (TPSA) is 48.3 Å². The summed E-state index contributed by atoms with van der Waals surface area (Å²) in [5.74, 6) is 1.43. The van der Waals surface area contributed by atoms with Crippen LogP contribution in [-0.2, 0) is 17.8 Å². The Labute approximate surface area is 144 Å². The van der Waals surface area contributed by atoms with Gasteiger partial charge < -0.3 is 14.8 Å². The van der Waals surface area contributed by atoms with Crippen molar-refractivity contribution in [3.63, 3.8) is 0 Å². The number of hydrogen-bond donors (Lipinski definition) is 1. The van der Waals surface area contributed by atoms with Crippen LogP contribution in [0.3, 0.4) is 0 Å². The molecule has 1 N–H and O–H groups in total. The molecule has 24 heavy (non-hydrogen) atoms. The lowest BCUT2D eigenvalue weighted by molar-refractivity contribution is 0.0904. The van der Waals surface area contributed by atoms with Gasteiger partial charge in [-0.25, -0.2) is 0 Å². The standard InChI is InChI=1S/C19H27N3O2/c1-3-22-14-17(13-21-22)19-16(8-9-24-19)12-20-11-15-6-5-7-18(10-15)23-4-2/h5-7,10,13-14,16,19-20H,3-4,8-9,11-12H2,1-2H3/t16-,19-/m1/s1. The number of benzene rings is 1. The van der Waals surface area contributed by atoms with Crippen molar-refractivity contribution in [1.29, 1.82) is 0 Å². The van der Waals surface area contributed by atoms with Crippen molar-refractivity contribution in [3.05, 3.63) is 47.8 Å². The Morgan fingerprint density at radius 1 is 1.38 bits per heavy atom. The molecule has 5 heteroatoms. The van der Waals surface area contributed by atoms with Crippen molar-refractivity contribution in [1.82, 2.24) is 15.1 Å². The SMILES string of the molecule is CCOc1cccc(CNC[C@H]2CCO[C@H]2c2cnn(CC)c2)c1. The summed E-state index contributed by atoms with van der Waals surface area (Å²) in [6, 6.07) is 8.27. The molecule has 0 saturated carbocycles. The minimum atomic E-state index is 0.160. The second-order valence-electron chi connectivity index (χ2n) is 6.18. The highest BCUT2D eigenvalue weighted by Crippen LogP contribution is 2.33. The molecule has 0 aliphatic carbocycles. The maximum atomic E-state index is 5.95. The number of rotatable bonds is 8. The molecule has 5 nitrogen and oxygen atoms in total. The lowest BCUT2D eigenvalue weighted by Crippen LogP contribution is -2.24. The van der Waals surface area contributed by atoms with E-state index in [9.17, 15) is 0 Å². The van der Waals surface area contributed by atoms with Gasteiger partial charge in [0.15, 0.2) is 0 Å². The van der Waals surface area contributed by atoms with Crippen LogP contribution >= 0.6 is 0 Å². The average Bonchev–Trinajstić information content (AvgIpc) is 3.24. The molecular formula is C19H27N3O2. The van der Waals surface area contributed by atoms with Crippen LogP contribution in [0.4, 0.5) is 0 Å². The number of aromatic nitrogens is 2. The summed E-state index contributed by atoms with van der Waals surface area (Å²) < 4.78 is 13.5. The molecular weight excluding hydrogens is 302 g/mol. The molecule has 0 spiro atoms. The lowest BCUT2D eigenvalue weighted by Gasteiger charge is -2.18. The van der Waals surface area contributed by atoms with Crippen molar-refractivity contribution in [2.45, 2.75) is 39.5 Å². The van der Waals surface area contributed by atoms with E-state index in [-0.39, 0.29) is 6.10 Å². The van der Waals surface area contributed by atoms with Crippen LogP contribution in [0.2, 0.25) is 0 Å². The number of hydrogen-bond acceptors (Lipinski definition) is 4. The maximum absolute atomic E-state index is 5.95. The van der Waals surface area contributed by atoms with Gasteiger partial charge in [0.2, 0.25) is 0 Å². The van der Waals surface area contributed by atoms with Crippen molar-refractivity contribution in [2.75, 3.05) is 19.8 Å². The first-order chi connectivity index (χ1) is 11.8. The summed E-state index contributed by atoms with van der Waals surface area (Å²) in [5.41, 5.74) is 2.44. The summed E-state index contributed by atoms with van der Waals surface area (Å²) in [6.07, 6.45) is 5.30. The number of ether oxygens (including phenoxy) is 2. The maximum Gasteiger partial charge on any atom is 0.119 e. The Morgan fingerprint density at radius 3 is 3.08 bits per heavy atom. The molecule has 0 amide bonds. The van der Waals surface area contributed by atoms with E-state index in [2.05, 4.69) is 35.7 Å². The molecule has 1 aromatic carbocycles. The van der Waals surface area contributed by atoms with E-state index >= 15 is 0 Å². The van der Waals surface area contributed by atoms with Crippen LogP contribution in [0.5, 0.6) is 5.75 Å². The van der Waals surface area contributed by atoms with Crippen molar-refractivity contribution in [3.8, 4) is 5.75 Å². The van der Waals surface area contributed by atoms with E-state index in [1.165, 1.54) is 11.1 Å². The van der Waals surface area contributed by atoms with Gasteiger partial charge in [-0.1, -0.05) is 12.1 Å². The predicted molar refractivity (Wildman–Crippen MR) is 94.0 cm³/mol. The third-order valence-corrected chi connectivity index (χ3v) is 4.47. The molecule has 2 heterocycles. The van der Waals surface area contributed by atoms with Gasteiger partial charge in [0, 0.05) is 43.9 Å². The average molecular weight is 329 g/mol. The lowest BCUT2D eigenvalue weighted by atomic mass is 9.97. The monoisotopic (exact) mass is 329 g/mol. The molecule has 1 fully saturated rings. The zero-order valence-electron chi connectivity index (χ0n) is 14.6. The third-order valence-electron chi connectivity index (χ3n) is 4.47. The Morgan fingerprint density at radius 2 is 2.29 bits per heavy atom. The van der Waals surface area contributed by atoms with Crippen LogP contribution in [-0.4, -0.2) is 29.5 Å². The normalized spacial score (nSPS) is 20.4. The predicted octanol–water partition coefficient (Wildman–Crippen LogP) is 3.17. The molecule has 3 rings (SSSR count). The van der Waals surface area contributed by atoms with E-state index in [4.69, 9.17) is 9.47 Å². The summed E-state index contributed by atoms with van der Waals surface area (Å²) >= 11 is 0. The minimum Gasteiger partial charge on any atom is -0.494 e. The molecule has 0 radical (unpaired) electrons. The zero-order valence-corrected chi connectivity index (χ0v) is 14.6. The Kier molecular flexibility index (Phi) is 5.88. The molecule has 1 aromatic heterocycles. The van der Waals surface area contributed by atoms with Crippen LogP contribution < -0.4 is 10.1 Å². The van der Waals surface area contributed by atoms with Gasteiger partial charge in [-0.2, -0.15) is 5.10 Å². The molecule has 1 aliphatic rings. The first kappa shape index (κ1) is 17.0. The van der Waals surface area contributed by atoms with Gasteiger partial charge in [-0.15, -0.1) is 0 Å². The van der Waals surface area contributed by atoms with Gasteiger partial charge in [-0.3, -0.25) is 4.68 Å². The van der Waals surface area contributed by atoms with Gasteiger partial charge in [0.1, 0.15) is 5.75 Å². The minimum absolute atomic E-state index is 0.160. The molecule has 0 bridgehead atoms. The number of nitrogens with zero attached hydrogens (tertiary/aromatic N) is 2. The molecule has 1 aliphatic heterocycles. The fraction of sp³-hybridized carbons (Fsp3) is 0.526. The molecule has 2 atom stereocenters. The summed E-state index contributed by atoms with van der Waals surface area (Å²) in [6.45, 7) is 8.32. The highest BCUT2D eigenvalue weighted by Gasteiger charge is 2.30. The smallest absolute Gasteiger partial charge is 0.119 e. The second kappa shape index (κ2) is 8.31. The first-order valence-corrected chi connectivity index (χ1v) is 8.86. The van der Waals surface area contributed by atoms with Gasteiger partial charge in [0.05, 0.1) is 18.9 Å². The Hall–Kier alpha value is -1.85. The summed E-state index contributed by atoms with van der Waals surface area (Å²) in [4.78, 5) is 0. The van der Waals surface area contributed by atoms with E-state index < -0.39 is 0 Å². The van der Waals surface area contributed by atoms with Gasteiger partial charge in [0.25, 0.3) is 0 Å². The van der Waals surface area contributed by atoms with Gasteiger partial charge >= 0.3 is 0 Å². The quantitative estimate of drug-likeness (QED) is 0.808. The van der Waals surface area contributed by atoms with Crippen LogP contribution in [0.25, 0.3) is 0 Å². The largest absolute Gasteiger partial charge is 0.494 e. The van der Waals surface area contributed by atoms with Gasteiger partial charge in [-0.05, 0) is 38.0 Å².